The van der Waals surface area contributed by atoms with Crippen LogP contribution in [-0.4, -0.2) is 42.8 Å². The molecule has 1 amide bonds. The van der Waals surface area contributed by atoms with Crippen molar-refractivity contribution in [2.75, 3.05) is 26.2 Å². The molecule has 1 saturated heterocycles. The number of rotatable bonds is 4. The minimum atomic E-state index is -0.400. The largest absolute Gasteiger partial charge is 0.444 e. The first-order chi connectivity index (χ1) is 9.44. The molecule has 0 bridgehead atoms. The zero-order valence-corrected chi connectivity index (χ0v) is 13.3. The van der Waals surface area contributed by atoms with Crippen molar-refractivity contribution in [2.45, 2.75) is 58.5 Å². The normalized spacial score (nSPS) is 21.4. The third kappa shape index (κ3) is 4.97. The first-order valence-corrected chi connectivity index (χ1v) is 8.13. The number of carbonyl (C=O) groups is 1. The van der Waals surface area contributed by atoms with E-state index in [1.165, 1.54) is 32.1 Å². The molecule has 1 N–H and O–H groups in total. The summed E-state index contributed by atoms with van der Waals surface area (Å²) in [5.74, 6) is 1.33. The van der Waals surface area contributed by atoms with Crippen LogP contribution >= 0.6 is 0 Å². The quantitative estimate of drug-likeness (QED) is 0.862. The van der Waals surface area contributed by atoms with Gasteiger partial charge in [-0.05, 0) is 71.4 Å². The molecule has 4 heteroatoms. The molecule has 1 heterocycles. The summed E-state index contributed by atoms with van der Waals surface area (Å²) in [6, 6.07) is 0. The topological polar surface area (TPSA) is 41.6 Å². The van der Waals surface area contributed by atoms with Gasteiger partial charge in [0.2, 0.25) is 0 Å². The summed E-state index contributed by atoms with van der Waals surface area (Å²) < 4.78 is 5.58. The number of nitrogens with zero attached hydrogens (tertiary/aromatic N) is 1. The molecular formula is C16H30N2O2. The number of nitrogens with one attached hydrogen (secondary N) is 1. The lowest BCUT2D eigenvalue weighted by atomic mass is 9.85. The van der Waals surface area contributed by atoms with Gasteiger partial charge in [0.15, 0.2) is 0 Å². The van der Waals surface area contributed by atoms with Gasteiger partial charge in [-0.1, -0.05) is 6.42 Å². The first-order valence-electron chi connectivity index (χ1n) is 8.13. The van der Waals surface area contributed by atoms with Crippen molar-refractivity contribution in [3.63, 3.8) is 0 Å². The third-order valence-electron chi connectivity index (χ3n) is 4.29. The summed E-state index contributed by atoms with van der Waals surface area (Å²) in [4.78, 5) is 14.4. The summed E-state index contributed by atoms with van der Waals surface area (Å²) in [7, 11) is 0. The molecule has 0 aromatic rings. The molecule has 1 aliphatic heterocycles. The maximum atomic E-state index is 12.4. The molecule has 0 radical (unpaired) electrons. The van der Waals surface area contributed by atoms with Gasteiger partial charge in [0, 0.05) is 13.1 Å². The number of ether oxygens (including phenoxy) is 1. The van der Waals surface area contributed by atoms with Gasteiger partial charge in [-0.2, -0.15) is 0 Å². The molecule has 116 valence electrons. The minimum Gasteiger partial charge on any atom is -0.444 e. The third-order valence-corrected chi connectivity index (χ3v) is 4.29. The standard InChI is InChI=1S/C16H30N2O2/c1-16(2,3)20-15(19)18(11-13-5-4-6-13)12-14-7-9-17-10-8-14/h13-14,17H,4-12H2,1-3H3. The lowest BCUT2D eigenvalue weighted by Gasteiger charge is -2.36. The van der Waals surface area contributed by atoms with Crippen LogP contribution in [0.5, 0.6) is 0 Å². The molecule has 1 aliphatic carbocycles. The molecule has 0 atom stereocenters. The van der Waals surface area contributed by atoms with Crippen LogP contribution in [0.3, 0.4) is 0 Å². The Bertz CT molecular complexity index is 315. The van der Waals surface area contributed by atoms with Crippen LogP contribution in [0.15, 0.2) is 0 Å². The van der Waals surface area contributed by atoms with Crippen LogP contribution in [0, 0.1) is 11.8 Å². The Labute approximate surface area is 123 Å². The molecule has 2 rings (SSSR count). The van der Waals surface area contributed by atoms with Gasteiger partial charge in [-0.3, -0.25) is 0 Å². The Hall–Kier alpha value is -0.770. The van der Waals surface area contributed by atoms with E-state index < -0.39 is 5.60 Å². The smallest absolute Gasteiger partial charge is 0.410 e. The summed E-state index contributed by atoms with van der Waals surface area (Å²) >= 11 is 0. The van der Waals surface area contributed by atoms with E-state index in [2.05, 4.69) is 5.32 Å². The summed E-state index contributed by atoms with van der Waals surface area (Å²) in [6.45, 7) is 9.74. The van der Waals surface area contributed by atoms with E-state index in [-0.39, 0.29) is 6.09 Å². The van der Waals surface area contributed by atoms with Crippen molar-refractivity contribution >= 4 is 6.09 Å². The van der Waals surface area contributed by atoms with Crippen molar-refractivity contribution in [3.05, 3.63) is 0 Å². The highest BCUT2D eigenvalue weighted by Crippen LogP contribution is 2.28. The maximum absolute atomic E-state index is 12.4. The molecule has 20 heavy (non-hydrogen) atoms. The van der Waals surface area contributed by atoms with Crippen LogP contribution in [0.1, 0.15) is 52.9 Å². The predicted octanol–water partition coefficient (Wildman–Crippen LogP) is 3.02. The molecule has 4 nitrogen and oxygen atoms in total. The van der Waals surface area contributed by atoms with Gasteiger partial charge < -0.3 is 15.0 Å². The first kappa shape index (κ1) is 15.6. The van der Waals surface area contributed by atoms with Crippen molar-refractivity contribution in [1.82, 2.24) is 10.2 Å². The summed E-state index contributed by atoms with van der Waals surface area (Å²) in [5, 5.41) is 3.38. The number of piperidine rings is 1. The molecule has 2 fully saturated rings. The average Bonchev–Trinajstić information content (AvgIpc) is 2.31. The van der Waals surface area contributed by atoms with E-state index in [4.69, 9.17) is 4.74 Å². The zero-order chi connectivity index (χ0) is 14.6. The van der Waals surface area contributed by atoms with Crippen molar-refractivity contribution < 1.29 is 9.53 Å². The molecule has 1 saturated carbocycles. The highest BCUT2D eigenvalue weighted by Gasteiger charge is 2.29. The summed E-state index contributed by atoms with van der Waals surface area (Å²) in [6.07, 6.45) is 6.08. The number of amides is 1. The van der Waals surface area contributed by atoms with Gasteiger partial charge in [0.05, 0.1) is 0 Å². The molecular weight excluding hydrogens is 252 g/mol. The molecule has 0 aromatic carbocycles. The van der Waals surface area contributed by atoms with Crippen LogP contribution in [0.2, 0.25) is 0 Å². The van der Waals surface area contributed by atoms with Crippen molar-refractivity contribution in [3.8, 4) is 0 Å². The molecule has 0 unspecified atom stereocenters. The van der Waals surface area contributed by atoms with Gasteiger partial charge >= 0.3 is 6.09 Å². The fourth-order valence-electron chi connectivity index (χ4n) is 2.91. The second kappa shape index (κ2) is 6.79. The summed E-state index contributed by atoms with van der Waals surface area (Å²) in [5.41, 5.74) is -0.400. The molecule has 2 aliphatic rings. The second-order valence-corrected chi connectivity index (χ2v) is 7.38. The van der Waals surface area contributed by atoms with Gasteiger partial charge in [-0.25, -0.2) is 4.79 Å². The van der Waals surface area contributed by atoms with E-state index in [0.29, 0.717) is 11.8 Å². The van der Waals surface area contributed by atoms with Gasteiger partial charge in [-0.15, -0.1) is 0 Å². The monoisotopic (exact) mass is 282 g/mol. The van der Waals surface area contributed by atoms with Crippen molar-refractivity contribution in [1.29, 1.82) is 0 Å². The number of carbonyl (C=O) groups excluding carboxylic acids is 1. The highest BCUT2D eigenvalue weighted by atomic mass is 16.6. The van der Waals surface area contributed by atoms with E-state index >= 15 is 0 Å². The number of hydrogen-bond donors (Lipinski definition) is 1. The lowest BCUT2D eigenvalue weighted by Crippen LogP contribution is -2.44. The van der Waals surface area contributed by atoms with E-state index in [9.17, 15) is 4.79 Å². The van der Waals surface area contributed by atoms with Gasteiger partial charge in [0.25, 0.3) is 0 Å². The Kier molecular flexibility index (Phi) is 5.30. The van der Waals surface area contributed by atoms with Crippen LogP contribution in [0.4, 0.5) is 4.79 Å². The van der Waals surface area contributed by atoms with E-state index in [1.807, 2.05) is 25.7 Å². The minimum absolute atomic E-state index is 0.122. The zero-order valence-electron chi connectivity index (χ0n) is 13.3. The molecule has 0 aromatic heterocycles. The maximum Gasteiger partial charge on any atom is 0.410 e. The predicted molar refractivity (Wildman–Crippen MR) is 80.7 cm³/mol. The average molecular weight is 282 g/mol. The Morgan fingerprint density at radius 2 is 1.65 bits per heavy atom. The Morgan fingerprint density at radius 1 is 1.10 bits per heavy atom. The van der Waals surface area contributed by atoms with Crippen LogP contribution in [0.25, 0.3) is 0 Å². The van der Waals surface area contributed by atoms with E-state index in [1.54, 1.807) is 0 Å². The van der Waals surface area contributed by atoms with Gasteiger partial charge in [0.1, 0.15) is 5.60 Å². The van der Waals surface area contributed by atoms with Crippen molar-refractivity contribution in [2.24, 2.45) is 11.8 Å². The van der Waals surface area contributed by atoms with E-state index in [0.717, 1.165) is 26.2 Å². The second-order valence-electron chi connectivity index (χ2n) is 7.38. The van der Waals surface area contributed by atoms with Crippen LogP contribution < -0.4 is 5.32 Å². The lowest BCUT2D eigenvalue weighted by molar-refractivity contribution is 0.0147. The fraction of sp³-hybridized carbons (Fsp3) is 0.938. The Morgan fingerprint density at radius 3 is 2.10 bits per heavy atom. The molecule has 0 spiro atoms. The Balaban J connectivity index is 1.89. The fourth-order valence-corrected chi connectivity index (χ4v) is 2.91. The van der Waals surface area contributed by atoms with Crippen LogP contribution in [-0.2, 0) is 4.74 Å². The number of hydrogen-bond acceptors (Lipinski definition) is 3. The SMILES string of the molecule is CC(C)(C)OC(=O)N(CC1CCC1)CC1CCNCC1. The highest BCUT2D eigenvalue weighted by molar-refractivity contribution is 5.68.